The van der Waals surface area contributed by atoms with E-state index in [4.69, 9.17) is 0 Å². The van der Waals surface area contributed by atoms with Crippen molar-refractivity contribution in [1.82, 2.24) is 0 Å². The van der Waals surface area contributed by atoms with Crippen molar-refractivity contribution in [2.24, 2.45) is 43.3 Å². The van der Waals surface area contributed by atoms with Gasteiger partial charge in [-0.3, -0.25) is 0 Å². The van der Waals surface area contributed by atoms with E-state index in [1.165, 1.54) is 22.3 Å². The Morgan fingerprint density at radius 3 is 0.386 bits per heavy atom. The maximum Gasteiger partial charge on any atom is 0.0490 e. The third-order valence-corrected chi connectivity index (χ3v) is 8.00. The minimum Gasteiger partial charge on any atom is -0.110 e. The molecule has 248 valence electrons. The third-order valence-electron chi connectivity index (χ3n) is 8.00. The van der Waals surface area contributed by atoms with Crippen LogP contribution in [-0.4, -0.2) is 0 Å². The molecule has 0 amide bonds. The predicted octanol–water partition coefficient (Wildman–Crippen LogP) is 14.2. The van der Waals surface area contributed by atoms with Crippen molar-refractivity contribution in [3.63, 3.8) is 0 Å². The first-order chi connectivity index (χ1) is 18.9. The Bertz CT molecular complexity index is 1080. The van der Waals surface area contributed by atoms with Gasteiger partial charge in [0, 0.05) is 22.3 Å². The van der Waals surface area contributed by atoms with Gasteiger partial charge in [-0.1, -0.05) is 166 Å². The molecule has 44 heavy (non-hydrogen) atoms. The fraction of sp³-hybridized carbons (Fsp3) is 0.727. The van der Waals surface area contributed by atoms with E-state index in [2.05, 4.69) is 189 Å². The second-order valence-electron chi connectivity index (χ2n) is 21.5. The standard InChI is InChI=1S/C44H72/c1-37(2,3)33(38(4,5)6)25-29-30(26-34(39(7,8)9)40(10,11)12)32(28-36(43(19,20)21)44(22,23)24)31(29)27-35(41(13,14)15)42(16,17)18/h1-24H3. The maximum absolute atomic E-state index is 4.07. The molecule has 0 aromatic heterocycles. The first kappa shape index (κ1) is 40.1. The SMILES string of the molecule is CC(C)(C)C(=C=C1C(=C=C(C(C)(C)C)C(C)(C)C)C(=C=C(C(C)(C)C)C(C)(C)C)C1=C=C(C(C)(C)C)C(C)(C)C)C(C)(C)C. The van der Waals surface area contributed by atoms with Crippen LogP contribution in [0.4, 0.5) is 0 Å². The highest BCUT2D eigenvalue weighted by atomic mass is 14.4. The number of allylic oxidation sites excluding steroid dienone is 4. The van der Waals surface area contributed by atoms with Crippen LogP contribution < -0.4 is 0 Å². The lowest BCUT2D eigenvalue weighted by molar-refractivity contribution is 0.361. The second kappa shape index (κ2) is 12.0. The summed E-state index contributed by atoms with van der Waals surface area (Å²) in [7, 11) is 0. The topological polar surface area (TPSA) is 0 Å². The van der Waals surface area contributed by atoms with Gasteiger partial charge in [-0.2, -0.15) is 0 Å². The molecular formula is C44H72. The van der Waals surface area contributed by atoms with Crippen LogP contribution in [0.3, 0.4) is 0 Å². The molecule has 1 aliphatic rings. The van der Waals surface area contributed by atoms with Crippen LogP contribution >= 0.6 is 0 Å². The van der Waals surface area contributed by atoms with Gasteiger partial charge in [-0.05, 0) is 65.6 Å². The van der Waals surface area contributed by atoms with Crippen LogP contribution in [0.15, 0.2) is 67.5 Å². The average Bonchev–Trinajstić information content (AvgIpc) is 2.64. The highest BCUT2D eigenvalue weighted by molar-refractivity contribution is 5.78. The second-order valence-corrected chi connectivity index (χ2v) is 21.5. The molecule has 0 heterocycles. The van der Waals surface area contributed by atoms with Crippen LogP contribution in [0.25, 0.3) is 0 Å². The summed E-state index contributed by atoms with van der Waals surface area (Å²) in [4.78, 5) is 0. The summed E-state index contributed by atoms with van der Waals surface area (Å²) in [6.45, 7) is 55.6. The predicted molar refractivity (Wildman–Crippen MR) is 198 cm³/mol. The minimum atomic E-state index is -0.0417. The van der Waals surface area contributed by atoms with Crippen LogP contribution in [0.2, 0.25) is 0 Å². The van der Waals surface area contributed by atoms with Crippen molar-refractivity contribution >= 4 is 0 Å². The summed E-state index contributed by atoms with van der Waals surface area (Å²) in [6.07, 6.45) is 0. The molecule has 1 saturated carbocycles. The van der Waals surface area contributed by atoms with Gasteiger partial charge in [0.15, 0.2) is 0 Å². The van der Waals surface area contributed by atoms with Crippen molar-refractivity contribution < 1.29 is 0 Å². The molecule has 1 aliphatic carbocycles. The van der Waals surface area contributed by atoms with Gasteiger partial charge in [0.25, 0.3) is 0 Å². The fourth-order valence-corrected chi connectivity index (χ4v) is 7.44. The van der Waals surface area contributed by atoms with E-state index in [0.717, 1.165) is 22.3 Å². The molecule has 0 atom stereocenters. The first-order valence-corrected chi connectivity index (χ1v) is 17.0. The molecule has 0 nitrogen and oxygen atoms in total. The Hall–Kier alpha value is -1.92. The lowest BCUT2D eigenvalue weighted by atomic mass is 9.65. The Balaban J connectivity index is 5.20. The minimum absolute atomic E-state index is 0.0417. The van der Waals surface area contributed by atoms with Gasteiger partial charge in [0.2, 0.25) is 0 Å². The zero-order chi connectivity index (χ0) is 35.4. The number of hydrogen-bond donors (Lipinski definition) is 0. The molecule has 0 aromatic carbocycles. The zero-order valence-corrected chi connectivity index (χ0v) is 34.0. The van der Waals surface area contributed by atoms with E-state index in [1.54, 1.807) is 0 Å². The highest BCUT2D eigenvalue weighted by Gasteiger charge is 2.39. The molecule has 1 fully saturated rings. The van der Waals surface area contributed by atoms with E-state index in [1.807, 2.05) is 0 Å². The summed E-state index contributed by atoms with van der Waals surface area (Å²) in [5, 5.41) is 0. The molecule has 0 spiro atoms. The monoisotopic (exact) mass is 601 g/mol. The van der Waals surface area contributed by atoms with Gasteiger partial charge in [-0.25, -0.2) is 0 Å². The maximum atomic E-state index is 4.07. The lowest BCUT2D eigenvalue weighted by Gasteiger charge is -2.37. The molecule has 0 N–H and O–H groups in total. The van der Waals surface area contributed by atoms with Gasteiger partial charge < -0.3 is 0 Å². The number of rotatable bonds is 0. The molecule has 0 unspecified atom stereocenters. The highest BCUT2D eigenvalue weighted by Crippen LogP contribution is 2.51. The van der Waals surface area contributed by atoms with Crippen LogP contribution in [0, 0.1) is 43.3 Å². The lowest BCUT2D eigenvalue weighted by Crippen LogP contribution is -2.25. The Kier molecular flexibility index (Phi) is 11.0. The Labute approximate surface area is 276 Å². The average molecular weight is 601 g/mol. The van der Waals surface area contributed by atoms with E-state index in [0.29, 0.717) is 0 Å². The Morgan fingerprint density at radius 2 is 0.318 bits per heavy atom. The molecule has 0 saturated heterocycles. The molecule has 0 heteroatoms. The van der Waals surface area contributed by atoms with E-state index < -0.39 is 0 Å². The molecule has 0 bridgehead atoms. The Morgan fingerprint density at radius 1 is 0.227 bits per heavy atom. The van der Waals surface area contributed by atoms with Crippen LogP contribution in [0.1, 0.15) is 166 Å². The molecule has 0 radical (unpaired) electrons. The van der Waals surface area contributed by atoms with Crippen molar-refractivity contribution in [3.8, 4) is 0 Å². The summed E-state index contributed by atoms with van der Waals surface area (Å²) in [5.74, 6) is 0. The molecule has 0 aromatic rings. The van der Waals surface area contributed by atoms with Crippen molar-refractivity contribution in [2.75, 3.05) is 0 Å². The third kappa shape index (κ3) is 10.0. The normalized spacial score (nSPS) is 15.6. The van der Waals surface area contributed by atoms with E-state index in [-0.39, 0.29) is 43.3 Å². The van der Waals surface area contributed by atoms with E-state index in [9.17, 15) is 0 Å². The first-order valence-electron chi connectivity index (χ1n) is 17.0. The largest absolute Gasteiger partial charge is 0.110 e. The van der Waals surface area contributed by atoms with Gasteiger partial charge >= 0.3 is 0 Å². The van der Waals surface area contributed by atoms with Crippen molar-refractivity contribution in [3.05, 3.63) is 67.5 Å². The summed E-state index contributed by atoms with van der Waals surface area (Å²) in [6, 6.07) is 0. The van der Waals surface area contributed by atoms with Gasteiger partial charge in [0.05, 0.1) is 0 Å². The summed E-state index contributed by atoms with van der Waals surface area (Å²) < 4.78 is 0. The van der Waals surface area contributed by atoms with Crippen LogP contribution in [0.5, 0.6) is 0 Å². The molecule has 0 aliphatic heterocycles. The fourth-order valence-electron chi connectivity index (χ4n) is 7.44. The van der Waals surface area contributed by atoms with Gasteiger partial charge in [0.1, 0.15) is 0 Å². The number of hydrogen-bond acceptors (Lipinski definition) is 0. The quantitative estimate of drug-likeness (QED) is 0.243. The molecule has 1 rings (SSSR count). The molecular weight excluding hydrogens is 528 g/mol. The smallest absolute Gasteiger partial charge is 0.0490 e. The van der Waals surface area contributed by atoms with Crippen molar-refractivity contribution in [2.45, 2.75) is 166 Å². The van der Waals surface area contributed by atoms with Crippen molar-refractivity contribution in [1.29, 1.82) is 0 Å². The van der Waals surface area contributed by atoms with Gasteiger partial charge in [-0.15, -0.1) is 22.9 Å². The summed E-state index contributed by atoms with van der Waals surface area (Å²) >= 11 is 0. The summed E-state index contributed by atoms with van der Waals surface area (Å²) in [5.41, 5.74) is 25.7. The zero-order valence-electron chi connectivity index (χ0n) is 34.0. The van der Waals surface area contributed by atoms with E-state index >= 15 is 0 Å². The van der Waals surface area contributed by atoms with Crippen LogP contribution in [-0.2, 0) is 0 Å².